The van der Waals surface area contributed by atoms with Gasteiger partial charge in [-0.25, -0.2) is 9.46 Å². The predicted octanol–water partition coefficient (Wildman–Crippen LogP) is 11.4. The van der Waals surface area contributed by atoms with Crippen LogP contribution in [0.25, 0.3) is 0 Å². The predicted molar refractivity (Wildman–Crippen MR) is 287 cm³/mol. The van der Waals surface area contributed by atoms with Gasteiger partial charge in [0, 0.05) is 23.8 Å². The van der Waals surface area contributed by atoms with Crippen LogP contribution < -0.4 is 20.5 Å². The number of ether oxygens (including phenoxy) is 5. The minimum Gasteiger partial charge on any atom is -0.497 e. The van der Waals surface area contributed by atoms with Crippen LogP contribution in [0.3, 0.4) is 0 Å². The van der Waals surface area contributed by atoms with E-state index >= 15 is 4.79 Å². The fourth-order valence-corrected chi connectivity index (χ4v) is 17.4. The second kappa shape index (κ2) is 25.8. The fourth-order valence-electron chi connectivity index (χ4n) is 10.3. The number of nitrogens with zero attached hydrogens (tertiary/aromatic N) is 4. The summed E-state index contributed by atoms with van der Waals surface area (Å²) in [5.41, 5.74) is -0.520. The highest BCUT2D eigenvalue weighted by atomic mass is 31.2. The van der Waals surface area contributed by atoms with Gasteiger partial charge in [-0.2, -0.15) is 10.2 Å². The molecular weight excluding hydrogens is 962 g/mol. The van der Waals surface area contributed by atoms with Gasteiger partial charge in [0.25, 0.3) is 14.4 Å². The van der Waals surface area contributed by atoms with Crippen LogP contribution in [0, 0.1) is 11.3 Å². The summed E-state index contributed by atoms with van der Waals surface area (Å²) in [6.07, 6.45) is -0.369. The summed E-state index contributed by atoms with van der Waals surface area (Å²) < 4.78 is 57.4. The summed E-state index contributed by atoms with van der Waals surface area (Å²) in [6.45, 7) is 21.1. The van der Waals surface area contributed by atoms with Crippen molar-refractivity contribution >= 4 is 28.6 Å². The van der Waals surface area contributed by atoms with Gasteiger partial charge in [0.15, 0.2) is 0 Å². The van der Waals surface area contributed by atoms with Crippen LogP contribution in [0.4, 0.5) is 5.82 Å². The van der Waals surface area contributed by atoms with Gasteiger partial charge in [0.05, 0.1) is 39.9 Å². The van der Waals surface area contributed by atoms with Crippen LogP contribution in [-0.2, 0) is 39.0 Å². The Labute approximate surface area is 434 Å². The summed E-state index contributed by atoms with van der Waals surface area (Å²) in [5, 5.41) is 12.5. The number of methoxy groups -OCH3 is 2. The molecule has 1 aromatic heterocycles. The molecule has 0 spiro atoms. The van der Waals surface area contributed by atoms with Gasteiger partial charge < -0.3 is 42.5 Å². The normalized spacial score (nSPS) is 17.7. The van der Waals surface area contributed by atoms with E-state index in [9.17, 15) is 10.1 Å². The molecule has 0 aliphatic carbocycles. The lowest BCUT2D eigenvalue weighted by Gasteiger charge is -2.44. The molecule has 1 unspecified atom stereocenters. The Hall–Kier alpha value is -5.31. The van der Waals surface area contributed by atoms with E-state index in [0.29, 0.717) is 17.1 Å². The lowest BCUT2D eigenvalue weighted by atomic mass is 9.80. The topological polar surface area (TPSA) is 165 Å². The number of benzene rings is 4. The van der Waals surface area contributed by atoms with Crippen molar-refractivity contribution < 1.29 is 42.0 Å². The second-order valence-electron chi connectivity index (χ2n) is 19.6. The number of hydrogen-bond acceptors (Lipinski definition) is 13. The molecule has 0 radical (unpaired) electrons. The summed E-state index contributed by atoms with van der Waals surface area (Å²) in [6, 6.07) is 37.4. The molecule has 15 nitrogen and oxygen atoms in total. The zero-order valence-electron chi connectivity index (χ0n) is 44.4. The number of carbonyl (C=O) groups is 1. The quantitative estimate of drug-likeness (QED) is 0.0183. The van der Waals surface area contributed by atoms with E-state index < -0.39 is 52.0 Å². The van der Waals surface area contributed by atoms with Gasteiger partial charge in [-0.3, -0.25) is 9.36 Å². The third-order valence-electron chi connectivity index (χ3n) is 13.6. The molecule has 0 bridgehead atoms. The zero-order valence-corrected chi connectivity index (χ0v) is 46.3. The number of carbonyl (C=O) groups excluding carboxylic acids is 1. The molecule has 4 atom stereocenters. The van der Waals surface area contributed by atoms with E-state index in [2.05, 4.69) is 90.3 Å². The minimum absolute atomic E-state index is 0.0307. The molecule has 17 heteroatoms. The highest BCUT2D eigenvalue weighted by molar-refractivity contribution is 7.44. The highest BCUT2D eigenvalue weighted by Crippen LogP contribution is 2.53. The van der Waals surface area contributed by atoms with Crippen molar-refractivity contribution in [1.29, 1.82) is 5.26 Å². The largest absolute Gasteiger partial charge is 0.497 e. The van der Waals surface area contributed by atoms with Gasteiger partial charge in [0.2, 0.25) is 14.0 Å². The van der Waals surface area contributed by atoms with Crippen molar-refractivity contribution in [1.82, 2.24) is 14.2 Å². The van der Waals surface area contributed by atoms with Gasteiger partial charge >= 0.3 is 5.69 Å². The molecule has 1 amide bonds. The number of rotatable bonds is 26. The average Bonchev–Trinajstić information content (AvgIpc) is 3.72. The SMILES string of the molecule is COc1ccc(C(OC[C@]2(n3ccc(NC(=O)c4ccccc4)nc3=O)OC[C@H](OCO[Si](C(C)C)(C(C)C)C(C)C)[C@@H]2OP(OCCC#N)N(C(C)C)C(C)C)(c2ccccc2)c2ccc(OC)cc2)cc1. The molecule has 392 valence electrons. The van der Waals surface area contributed by atoms with E-state index in [0.717, 1.165) is 16.7 Å². The van der Waals surface area contributed by atoms with Gasteiger partial charge in [0.1, 0.15) is 48.5 Å². The smallest absolute Gasteiger partial charge is 0.352 e. The number of hydrogen-bond donors (Lipinski definition) is 1. The number of nitrogens with one attached hydrogen (secondary N) is 1. The molecule has 73 heavy (non-hydrogen) atoms. The first-order chi connectivity index (χ1) is 35.0. The van der Waals surface area contributed by atoms with Crippen molar-refractivity contribution in [3.05, 3.63) is 154 Å². The Morgan fingerprint density at radius 2 is 1.36 bits per heavy atom. The van der Waals surface area contributed by atoms with Crippen molar-refractivity contribution in [2.75, 3.05) is 46.1 Å². The lowest BCUT2D eigenvalue weighted by Crippen LogP contribution is -2.56. The zero-order chi connectivity index (χ0) is 52.9. The lowest BCUT2D eigenvalue weighted by molar-refractivity contribution is -0.184. The standard InChI is InChI=1S/C56H74N5O10PSi/c1-39(2)61(40(3)4)72(69-35-19-33-57)71-52-50(66-38-70-73(41(5)6,42(7)8)43(9)10)36-67-55(52,60-34-32-51(59-54(60)63)58-53(62)44-20-15-13-16-21-44)37-68-56(45-22-17-14-18-23-45,46-24-28-48(64-11)29-25-46)47-26-30-49(65-12)31-27-47/h13-18,20-32,34,39-43,50,52H,19,35-38H2,1-12H3,(H,58,59,62,63)/t50-,52-,55-,72?/m0/s1. The monoisotopic (exact) mass is 1040 g/mol. The average molecular weight is 1040 g/mol. The molecule has 4 aromatic carbocycles. The Morgan fingerprint density at radius 1 is 0.822 bits per heavy atom. The summed E-state index contributed by atoms with van der Waals surface area (Å²) in [5.74, 6) is 0.886. The molecule has 6 rings (SSSR count). The van der Waals surface area contributed by atoms with Crippen molar-refractivity contribution in [3.63, 3.8) is 0 Å². The van der Waals surface area contributed by atoms with Crippen molar-refractivity contribution in [2.24, 2.45) is 0 Å². The minimum atomic E-state index is -2.45. The first-order valence-electron chi connectivity index (χ1n) is 25.1. The molecule has 2 heterocycles. The van der Waals surface area contributed by atoms with Gasteiger partial charge in [-0.1, -0.05) is 114 Å². The second-order valence-corrected chi connectivity index (χ2v) is 26.5. The van der Waals surface area contributed by atoms with E-state index in [1.807, 2.05) is 84.9 Å². The molecule has 1 N–H and O–H groups in total. The molecule has 5 aromatic rings. The maximum absolute atomic E-state index is 15.0. The summed E-state index contributed by atoms with van der Waals surface area (Å²) in [4.78, 5) is 32.9. The number of anilines is 1. The molecule has 0 saturated carbocycles. The van der Waals surface area contributed by atoms with Crippen molar-refractivity contribution in [2.45, 2.75) is 128 Å². The van der Waals surface area contributed by atoms with E-state index in [1.54, 1.807) is 44.6 Å². The highest BCUT2D eigenvalue weighted by Gasteiger charge is 2.58. The summed E-state index contributed by atoms with van der Waals surface area (Å²) >= 11 is 0. The van der Waals surface area contributed by atoms with E-state index in [-0.39, 0.29) is 67.6 Å². The van der Waals surface area contributed by atoms with Crippen LogP contribution >= 0.6 is 8.53 Å². The van der Waals surface area contributed by atoms with Crippen LogP contribution in [0.15, 0.2) is 126 Å². The van der Waals surface area contributed by atoms with Gasteiger partial charge in [-0.05, 0) is 103 Å². The van der Waals surface area contributed by atoms with Crippen LogP contribution in [0.2, 0.25) is 16.6 Å². The number of nitriles is 1. The Kier molecular flexibility index (Phi) is 20.1. The third-order valence-corrected chi connectivity index (χ3v) is 21.7. The Bertz CT molecular complexity index is 2540. The first kappa shape index (κ1) is 57.0. The van der Waals surface area contributed by atoms with Crippen LogP contribution in [0.5, 0.6) is 11.5 Å². The number of aromatic nitrogens is 2. The molecule has 1 fully saturated rings. The first-order valence-corrected chi connectivity index (χ1v) is 28.4. The molecule has 1 saturated heterocycles. The third kappa shape index (κ3) is 12.6. The maximum atomic E-state index is 15.0. The van der Waals surface area contributed by atoms with Crippen LogP contribution in [0.1, 0.15) is 103 Å². The molecule has 1 aliphatic heterocycles. The maximum Gasteiger partial charge on any atom is 0.352 e. The van der Waals surface area contributed by atoms with Crippen molar-refractivity contribution in [3.8, 4) is 17.6 Å². The van der Waals surface area contributed by atoms with Crippen LogP contribution in [-0.4, -0.2) is 93.6 Å². The van der Waals surface area contributed by atoms with E-state index in [4.69, 9.17) is 37.2 Å². The van der Waals surface area contributed by atoms with E-state index in [1.165, 1.54) is 10.8 Å². The Morgan fingerprint density at radius 3 is 1.85 bits per heavy atom. The molecular formula is C56H74N5O10PSi. The fraction of sp³-hybridized carbons (Fsp3) is 0.464. The molecule has 1 aliphatic rings. The summed E-state index contributed by atoms with van der Waals surface area (Å²) in [7, 11) is -1.21. The number of amides is 1. The Balaban J connectivity index is 1.60. The van der Waals surface area contributed by atoms with Gasteiger partial charge in [-0.15, -0.1) is 0 Å².